The molecule has 2 aromatic heterocycles. The lowest BCUT2D eigenvalue weighted by molar-refractivity contribution is -0.146. The van der Waals surface area contributed by atoms with E-state index in [0.717, 1.165) is 72.7 Å². The van der Waals surface area contributed by atoms with Gasteiger partial charge in [-0.2, -0.15) is 0 Å². The number of carbonyl (C=O) groups is 8. The maximum absolute atomic E-state index is 13.9. The zero-order valence-corrected chi connectivity index (χ0v) is 67.2. The maximum atomic E-state index is 13.9. The zero-order valence-electron chi connectivity index (χ0n) is 67.2. The average molecular weight is 1520 g/mol. The molecule has 7 heterocycles. The summed E-state index contributed by atoms with van der Waals surface area (Å²) in [5.41, 5.74) is 16.5. The molecule has 4 N–H and O–H groups in total. The number of rotatable bonds is 23. The number of esters is 3. The number of carbonyl (C=O) groups excluding carboxylic acids is 8. The second-order valence-corrected chi connectivity index (χ2v) is 31.0. The highest BCUT2D eigenvalue weighted by molar-refractivity contribution is 5.84. The third-order valence-corrected chi connectivity index (χ3v) is 21.1. The molecule has 5 aliphatic heterocycles. The molecule has 6 fully saturated rings. The summed E-state index contributed by atoms with van der Waals surface area (Å²) in [6.45, 7) is 32.4. The minimum absolute atomic E-state index is 0.0300. The van der Waals surface area contributed by atoms with Crippen LogP contribution in [0.4, 0.5) is 14.4 Å². The molecule has 110 heavy (non-hydrogen) atoms. The van der Waals surface area contributed by atoms with Crippen molar-refractivity contribution in [2.24, 2.45) is 25.7 Å². The van der Waals surface area contributed by atoms with Gasteiger partial charge in [0.2, 0.25) is 11.8 Å². The smallest absolute Gasteiger partial charge is 0.411 e. The number of benzene rings is 3. The molecule has 26 heteroatoms. The number of hydrogen-bond acceptors (Lipinski definition) is 19. The van der Waals surface area contributed by atoms with Crippen LogP contribution in [0, 0.1) is 40.5 Å². The third-order valence-electron chi connectivity index (χ3n) is 21.1. The van der Waals surface area contributed by atoms with Gasteiger partial charge in [0, 0.05) is 146 Å². The average Bonchev–Trinajstić information content (AvgIpc) is 1.65. The van der Waals surface area contributed by atoms with E-state index in [4.69, 9.17) is 29.4 Å². The lowest BCUT2D eigenvalue weighted by Crippen LogP contribution is -2.55. The standard InChI is InChI=1S/C30H43N5O2.C25H33N3O4.C18H24N2O4.C11H20N2O4/c1-21-6-5-7-25(14-21)18-35(29(36)15-24-9-10-24)27-16-28(30(37)33-13-12-31-22(2)17-33)34(20-27)19-26-11-8-23(3)32(26)4;1-6-12-32-25(30)28(15-20-9-7-8-18(2)13-20)22-14-23(24(29)31-5)27(17-22)16-21-11-10-19(3)26(21)4;1-4-8-24-18(22)20(12-14-7-5-6-13(2)9-14)15-10-16(19-11-15)17(21)23-3;1-11(2,3)17-10(15)13-6-7(12)5-8(13)9(14)16-4/h5-8,11,14,22,24,27-28,31H,9-10,12-13,15-20H2,1-4H3;6-11,13,22-23H,1,12,14-17H2,2-5H3;4-7,9,15-16,19H,1,8,10-12H2,2-3H3;7-8H,5-6,12H2,1-4H3/t22-,27+,28+;22-,23-;15-,16-;7-,8-/m1000/s1. The molecule has 6 aliphatic rings. The van der Waals surface area contributed by atoms with Crippen molar-refractivity contribution in [3.63, 3.8) is 0 Å². The highest BCUT2D eigenvalue weighted by Gasteiger charge is 2.46. The predicted molar refractivity (Wildman–Crippen MR) is 421 cm³/mol. The van der Waals surface area contributed by atoms with Crippen LogP contribution in [-0.4, -0.2) is 232 Å². The quantitative estimate of drug-likeness (QED) is 0.0312. The highest BCUT2D eigenvalue weighted by atomic mass is 16.6. The molecule has 1 aliphatic carbocycles. The van der Waals surface area contributed by atoms with Gasteiger partial charge in [-0.05, 0) is 148 Å². The van der Waals surface area contributed by atoms with Gasteiger partial charge in [0.25, 0.3) is 0 Å². The number of aryl methyl sites for hydroxylation is 5. The molecule has 0 radical (unpaired) electrons. The summed E-state index contributed by atoms with van der Waals surface area (Å²) in [5, 5.41) is 6.55. The molecule has 600 valence electrons. The Kier molecular flexibility index (Phi) is 31.8. The van der Waals surface area contributed by atoms with Crippen LogP contribution in [0.3, 0.4) is 0 Å². The van der Waals surface area contributed by atoms with Crippen LogP contribution in [0.1, 0.15) is 129 Å². The van der Waals surface area contributed by atoms with E-state index in [9.17, 15) is 38.4 Å². The Morgan fingerprint density at radius 2 is 1.05 bits per heavy atom. The number of hydrogen-bond donors (Lipinski definition) is 3. The van der Waals surface area contributed by atoms with E-state index in [1.165, 1.54) is 54.8 Å². The van der Waals surface area contributed by atoms with Crippen LogP contribution in [-0.2, 0) is 99.2 Å². The fourth-order valence-corrected chi connectivity index (χ4v) is 14.9. The summed E-state index contributed by atoms with van der Waals surface area (Å²) in [6, 6.07) is 31.1. The number of likely N-dealkylation sites (tertiary alicyclic amines) is 3. The first-order valence-corrected chi connectivity index (χ1v) is 38.4. The Morgan fingerprint density at radius 1 is 0.573 bits per heavy atom. The molecule has 0 bridgehead atoms. The van der Waals surface area contributed by atoms with Crippen molar-refractivity contribution >= 4 is 48.0 Å². The Hall–Kier alpha value is -9.34. The van der Waals surface area contributed by atoms with E-state index >= 15 is 0 Å². The van der Waals surface area contributed by atoms with Crippen LogP contribution < -0.4 is 16.4 Å². The van der Waals surface area contributed by atoms with Gasteiger partial charge in [0.1, 0.15) is 36.9 Å². The minimum atomic E-state index is -0.634. The summed E-state index contributed by atoms with van der Waals surface area (Å²) < 4.78 is 34.7. The SMILES string of the molecule is C=CCOC(=O)N(Cc1cccc(C)c1)[C@@H]1CN[C@H](C(=O)OC)C1.C=CCOC(=O)N(Cc1cccc(C)c1)[C@H]1C[C@@H](C(=O)OC)N(Cc2ccc(C)n2C)C1.COC(=O)[C@@H]1C[C@H](N)CN1C(=O)OC(C)(C)C.Cc1cccc(CN(C(=O)CC2CC2)[C@H]2C[C@@H](C(=O)N3CCN[C@H](C)C3)N(Cc3ccc(C)n3C)C2)c1. The fourth-order valence-electron chi connectivity index (χ4n) is 14.9. The van der Waals surface area contributed by atoms with Crippen molar-refractivity contribution in [1.82, 2.24) is 54.1 Å². The van der Waals surface area contributed by atoms with Crippen molar-refractivity contribution in [1.29, 1.82) is 0 Å². The van der Waals surface area contributed by atoms with Crippen molar-refractivity contribution in [3.8, 4) is 0 Å². The van der Waals surface area contributed by atoms with Gasteiger partial charge in [-0.1, -0.05) is 115 Å². The number of nitrogens with two attached hydrogens (primary N) is 1. The molecule has 0 unspecified atom stereocenters. The summed E-state index contributed by atoms with van der Waals surface area (Å²) in [4.78, 5) is 114. The molecular weight excluding hydrogens is 1400 g/mol. The second-order valence-electron chi connectivity index (χ2n) is 31.0. The lowest BCUT2D eigenvalue weighted by Gasteiger charge is -2.35. The number of nitrogens with one attached hydrogen (secondary N) is 2. The summed E-state index contributed by atoms with van der Waals surface area (Å²) in [6.07, 6.45) is 6.80. The molecule has 5 aromatic rings. The number of methoxy groups -OCH3 is 3. The zero-order chi connectivity index (χ0) is 80.1. The number of ether oxygens (including phenoxy) is 6. The first kappa shape index (κ1) is 86.3. The van der Waals surface area contributed by atoms with Crippen molar-refractivity contribution in [3.05, 3.63) is 179 Å². The van der Waals surface area contributed by atoms with E-state index in [1.807, 2.05) is 75.2 Å². The van der Waals surface area contributed by atoms with Gasteiger partial charge in [-0.15, -0.1) is 0 Å². The van der Waals surface area contributed by atoms with E-state index in [0.29, 0.717) is 96.4 Å². The minimum Gasteiger partial charge on any atom is -0.468 e. The largest absolute Gasteiger partial charge is 0.468 e. The second kappa shape index (κ2) is 40.6. The highest BCUT2D eigenvalue weighted by Crippen LogP contribution is 2.36. The van der Waals surface area contributed by atoms with Crippen LogP contribution in [0.15, 0.2) is 122 Å². The Balaban J connectivity index is 0.000000191. The Labute approximate surface area is 650 Å². The lowest BCUT2D eigenvalue weighted by atomic mass is 10.1. The van der Waals surface area contributed by atoms with Gasteiger partial charge in [-0.3, -0.25) is 43.7 Å². The van der Waals surface area contributed by atoms with E-state index in [1.54, 1.807) is 36.6 Å². The number of aromatic nitrogens is 2. The van der Waals surface area contributed by atoms with Gasteiger partial charge in [0.05, 0.1) is 33.4 Å². The van der Waals surface area contributed by atoms with Gasteiger partial charge in [0.15, 0.2) is 0 Å². The Bertz CT molecular complexity index is 3960. The number of nitrogens with zero attached hydrogens (tertiary/aromatic N) is 9. The molecule has 26 nitrogen and oxygen atoms in total. The van der Waals surface area contributed by atoms with Crippen LogP contribution in [0.25, 0.3) is 0 Å². The first-order valence-electron chi connectivity index (χ1n) is 38.4. The monoisotopic (exact) mass is 1520 g/mol. The molecule has 3 aromatic carbocycles. The van der Waals surface area contributed by atoms with E-state index in [2.05, 4.69) is 135 Å². The molecule has 1 saturated carbocycles. The summed E-state index contributed by atoms with van der Waals surface area (Å²) >= 11 is 0. The molecule has 5 amide bonds. The van der Waals surface area contributed by atoms with Crippen LogP contribution in [0.5, 0.6) is 0 Å². The van der Waals surface area contributed by atoms with Crippen molar-refractivity contribution < 1.29 is 66.8 Å². The first-order chi connectivity index (χ1) is 52.4. The maximum Gasteiger partial charge on any atom is 0.411 e. The van der Waals surface area contributed by atoms with Gasteiger partial charge in [-0.25, -0.2) is 19.2 Å². The molecular formula is C84H120N12O14. The van der Waals surface area contributed by atoms with Crippen molar-refractivity contribution in [2.75, 3.05) is 80.4 Å². The molecule has 5 saturated heterocycles. The molecule has 9 atom stereocenters. The number of piperazine rings is 1. The van der Waals surface area contributed by atoms with Crippen LogP contribution >= 0.6 is 0 Å². The van der Waals surface area contributed by atoms with E-state index < -0.39 is 48.0 Å². The van der Waals surface area contributed by atoms with Crippen molar-refractivity contribution in [2.45, 2.75) is 200 Å². The molecule has 11 rings (SSSR count). The topological polar surface area (TPSA) is 275 Å². The van der Waals surface area contributed by atoms with Gasteiger partial charge >= 0.3 is 36.2 Å². The molecule has 0 spiro atoms. The number of amides is 5. The predicted octanol–water partition coefficient (Wildman–Crippen LogP) is 9.34. The third kappa shape index (κ3) is 24.6. The Morgan fingerprint density at radius 3 is 1.50 bits per heavy atom. The fraction of sp³-hybridized carbons (Fsp3) is 0.548. The normalized spacial score (nSPS) is 21.6. The summed E-state index contributed by atoms with van der Waals surface area (Å²) in [5.74, 6) is -0.0553. The summed E-state index contributed by atoms with van der Waals surface area (Å²) in [7, 11) is 8.17. The van der Waals surface area contributed by atoms with Gasteiger partial charge < -0.3 is 63.7 Å². The van der Waals surface area contributed by atoms with Crippen LogP contribution in [0.2, 0.25) is 0 Å². The van der Waals surface area contributed by atoms with E-state index in [-0.39, 0.29) is 67.2 Å².